The van der Waals surface area contributed by atoms with E-state index in [2.05, 4.69) is 5.32 Å². The average molecular weight is 260 g/mol. The van der Waals surface area contributed by atoms with Gasteiger partial charge in [-0.05, 0) is 19.8 Å². The van der Waals surface area contributed by atoms with Crippen LogP contribution in [0.15, 0.2) is 0 Å². The summed E-state index contributed by atoms with van der Waals surface area (Å²) in [6.45, 7) is 3.21. The molecule has 2 amide bonds. The molecule has 2 atom stereocenters. The smallest absolute Gasteiger partial charge is 0.326 e. The Kier molecular flexibility index (Phi) is 6.32. The van der Waals surface area contributed by atoms with Crippen molar-refractivity contribution < 1.29 is 24.6 Å². The minimum atomic E-state index is -1.24. The Hall–Kier alpha value is -1.63. The molecule has 0 rings (SSSR count). The van der Waals surface area contributed by atoms with Crippen molar-refractivity contribution in [2.45, 2.75) is 51.2 Å². The molecule has 0 heterocycles. The predicted molar refractivity (Wildman–Crippen MR) is 63.5 cm³/mol. The first-order valence-electron chi connectivity index (χ1n) is 5.71. The second-order valence-electron chi connectivity index (χ2n) is 4.49. The summed E-state index contributed by atoms with van der Waals surface area (Å²) in [6, 6.07) is -1.17. The number of carboxylic acids is 1. The van der Waals surface area contributed by atoms with E-state index in [4.69, 9.17) is 10.8 Å². The van der Waals surface area contributed by atoms with Crippen LogP contribution in [0.5, 0.6) is 0 Å². The fourth-order valence-corrected chi connectivity index (χ4v) is 1.26. The highest BCUT2D eigenvalue weighted by Gasteiger charge is 2.26. The molecule has 2 unspecified atom stereocenters. The number of nitrogens with two attached hydrogens (primary N) is 1. The van der Waals surface area contributed by atoms with E-state index in [-0.39, 0.29) is 19.3 Å². The van der Waals surface area contributed by atoms with Crippen molar-refractivity contribution in [2.24, 2.45) is 5.73 Å². The van der Waals surface area contributed by atoms with Crippen molar-refractivity contribution in [1.29, 1.82) is 0 Å². The number of nitrogens with one attached hydrogen (secondary N) is 1. The summed E-state index contributed by atoms with van der Waals surface area (Å²) in [5.74, 6) is -2.43. The summed E-state index contributed by atoms with van der Waals surface area (Å²) < 4.78 is 0. The van der Waals surface area contributed by atoms with Crippen LogP contribution >= 0.6 is 0 Å². The molecule has 104 valence electrons. The fraction of sp³-hybridized carbons (Fsp3) is 0.727. The van der Waals surface area contributed by atoms with E-state index in [0.717, 1.165) is 0 Å². The molecule has 0 aromatic carbocycles. The molecular weight excluding hydrogens is 240 g/mol. The van der Waals surface area contributed by atoms with Crippen molar-refractivity contribution in [1.82, 2.24) is 5.32 Å². The first-order valence-corrected chi connectivity index (χ1v) is 5.71. The molecule has 0 saturated heterocycles. The fourth-order valence-electron chi connectivity index (χ4n) is 1.26. The van der Waals surface area contributed by atoms with Crippen molar-refractivity contribution in [3.8, 4) is 0 Å². The Morgan fingerprint density at radius 1 is 1.39 bits per heavy atom. The van der Waals surface area contributed by atoms with Gasteiger partial charge in [-0.3, -0.25) is 9.59 Å². The van der Waals surface area contributed by atoms with Gasteiger partial charge in [0.05, 0.1) is 12.0 Å². The van der Waals surface area contributed by atoms with E-state index in [1.54, 1.807) is 6.92 Å². The lowest BCUT2D eigenvalue weighted by Crippen LogP contribution is -2.44. The van der Waals surface area contributed by atoms with Gasteiger partial charge in [0.15, 0.2) is 0 Å². The number of carbonyl (C=O) groups excluding carboxylic acids is 2. The van der Waals surface area contributed by atoms with Gasteiger partial charge in [0.2, 0.25) is 11.8 Å². The average Bonchev–Trinajstić information content (AvgIpc) is 2.22. The molecular formula is C11H20N2O5. The van der Waals surface area contributed by atoms with E-state index in [0.29, 0.717) is 6.42 Å². The zero-order valence-electron chi connectivity index (χ0n) is 10.6. The van der Waals surface area contributed by atoms with Crippen LogP contribution in [0.1, 0.15) is 39.5 Å². The Balaban J connectivity index is 4.37. The highest BCUT2D eigenvalue weighted by Crippen LogP contribution is 2.13. The van der Waals surface area contributed by atoms with Gasteiger partial charge < -0.3 is 21.3 Å². The first kappa shape index (κ1) is 16.4. The molecule has 7 nitrogen and oxygen atoms in total. The number of carbonyl (C=O) groups is 3. The van der Waals surface area contributed by atoms with Gasteiger partial charge in [-0.2, -0.15) is 0 Å². The van der Waals surface area contributed by atoms with E-state index < -0.39 is 29.4 Å². The minimum absolute atomic E-state index is 0.0648. The van der Waals surface area contributed by atoms with Crippen LogP contribution in [-0.2, 0) is 14.4 Å². The van der Waals surface area contributed by atoms with Gasteiger partial charge in [0.25, 0.3) is 0 Å². The standard InChI is InChI=1S/C11H20N2O5/c1-3-11(2,18)6-9(15)13-7(10(16)17)4-5-8(12)14/h7,18H,3-6H2,1-2H3,(H2,12,14)(H,13,15)(H,16,17). The van der Waals surface area contributed by atoms with Crippen molar-refractivity contribution in [2.75, 3.05) is 0 Å². The summed E-state index contributed by atoms with van der Waals surface area (Å²) in [4.78, 5) is 32.9. The van der Waals surface area contributed by atoms with Gasteiger partial charge in [-0.1, -0.05) is 6.92 Å². The Labute approximate surface area is 105 Å². The van der Waals surface area contributed by atoms with Crippen LogP contribution in [0, 0.1) is 0 Å². The number of aliphatic carboxylic acids is 1. The SMILES string of the molecule is CCC(C)(O)CC(=O)NC(CCC(N)=O)C(=O)O. The molecule has 7 heteroatoms. The Morgan fingerprint density at radius 3 is 2.33 bits per heavy atom. The van der Waals surface area contributed by atoms with E-state index in [1.165, 1.54) is 6.92 Å². The topological polar surface area (TPSA) is 130 Å². The predicted octanol–water partition coefficient (Wildman–Crippen LogP) is -0.628. The van der Waals surface area contributed by atoms with Crippen LogP contribution < -0.4 is 11.1 Å². The maximum absolute atomic E-state index is 11.5. The number of hydrogen-bond donors (Lipinski definition) is 4. The number of amides is 2. The van der Waals surface area contributed by atoms with E-state index >= 15 is 0 Å². The third-order valence-corrected chi connectivity index (χ3v) is 2.62. The van der Waals surface area contributed by atoms with Crippen molar-refractivity contribution >= 4 is 17.8 Å². The van der Waals surface area contributed by atoms with Gasteiger partial charge in [-0.15, -0.1) is 0 Å². The van der Waals surface area contributed by atoms with Crippen LogP contribution in [0.25, 0.3) is 0 Å². The highest BCUT2D eigenvalue weighted by atomic mass is 16.4. The summed E-state index contributed by atoms with van der Waals surface area (Å²) in [5.41, 5.74) is 3.74. The van der Waals surface area contributed by atoms with E-state index in [9.17, 15) is 19.5 Å². The number of primary amides is 1. The molecule has 0 saturated carbocycles. The van der Waals surface area contributed by atoms with Gasteiger partial charge in [0.1, 0.15) is 6.04 Å². The molecule has 5 N–H and O–H groups in total. The van der Waals surface area contributed by atoms with Crippen molar-refractivity contribution in [3.05, 3.63) is 0 Å². The summed E-state index contributed by atoms with van der Waals surface area (Å²) >= 11 is 0. The van der Waals surface area contributed by atoms with Crippen LogP contribution in [0.4, 0.5) is 0 Å². The molecule has 0 aliphatic heterocycles. The quantitative estimate of drug-likeness (QED) is 0.462. The highest BCUT2D eigenvalue weighted by molar-refractivity contribution is 5.84. The molecule has 0 aromatic heterocycles. The second-order valence-corrected chi connectivity index (χ2v) is 4.49. The molecule has 0 bridgehead atoms. The third kappa shape index (κ3) is 6.85. The molecule has 0 aromatic rings. The molecule has 18 heavy (non-hydrogen) atoms. The van der Waals surface area contributed by atoms with Gasteiger partial charge in [-0.25, -0.2) is 4.79 Å². The monoisotopic (exact) mass is 260 g/mol. The lowest BCUT2D eigenvalue weighted by Gasteiger charge is -2.22. The summed E-state index contributed by atoms with van der Waals surface area (Å²) in [7, 11) is 0. The van der Waals surface area contributed by atoms with Crippen LogP contribution in [0.3, 0.4) is 0 Å². The molecule has 0 fully saturated rings. The van der Waals surface area contributed by atoms with Gasteiger partial charge >= 0.3 is 5.97 Å². The summed E-state index contributed by atoms with van der Waals surface area (Å²) in [6.07, 6.45) is -0.00458. The second kappa shape index (κ2) is 6.95. The van der Waals surface area contributed by atoms with Crippen LogP contribution in [-0.4, -0.2) is 39.6 Å². The number of aliphatic hydroxyl groups is 1. The van der Waals surface area contributed by atoms with Crippen molar-refractivity contribution in [3.63, 3.8) is 0 Å². The maximum atomic E-state index is 11.5. The number of hydrogen-bond acceptors (Lipinski definition) is 4. The van der Waals surface area contributed by atoms with Gasteiger partial charge in [0, 0.05) is 6.42 Å². The number of rotatable bonds is 8. The molecule has 0 spiro atoms. The maximum Gasteiger partial charge on any atom is 0.326 e. The molecule has 0 aliphatic carbocycles. The number of carboxylic acid groups (broad SMARTS) is 1. The normalized spacial score (nSPS) is 15.5. The van der Waals surface area contributed by atoms with Crippen LogP contribution in [0.2, 0.25) is 0 Å². The molecule has 0 aliphatic rings. The lowest BCUT2D eigenvalue weighted by atomic mass is 9.98. The third-order valence-electron chi connectivity index (χ3n) is 2.62. The summed E-state index contributed by atoms with van der Waals surface area (Å²) in [5, 5.41) is 20.8. The minimum Gasteiger partial charge on any atom is -0.480 e. The lowest BCUT2D eigenvalue weighted by molar-refractivity contribution is -0.143. The van der Waals surface area contributed by atoms with E-state index in [1.807, 2.05) is 0 Å². The largest absolute Gasteiger partial charge is 0.480 e. The zero-order chi connectivity index (χ0) is 14.3. The zero-order valence-corrected chi connectivity index (χ0v) is 10.6. The molecule has 0 radical (unpaired) electrons. The Morgan fingerprint density at radius 2 is 1.94 bits per heavy atom. The first-order chi connectivity index (χ1) is 8.18. The Bertz CT molecular complexity index is 327.